The van der Waals surface area contributed by atoms with Crippen molar-refractivity contribution in [3.8, 4) is 0 Å². The molecule has 22 heavy (non-hydrogen) atoms. The van der Waals surface area contributed by atoms with Gasteiger partial charge >= 0.3 is 0 Å². The fourth-order valence-corrected chi connectivity index (χ4v) is 1.98. The zero-order chi connectivity index (χ0) is 15.8. The van der Waals surface area contributed by atoms with Crippen LogP contribution >= 0.6 is 0 Å². The molecule has 4 heteroatoms. The van der Waals surface area contributed by atoms with E-state index in [0.29, 0.717) is 6.42 Å². The first-order valence-corrected chi connectivity index (χ1v) is 7.07. The van der Waals surface area contributed by atoms with Gasteiger partial charge in [0.2, 0.25) is 5.91 Å². The van der Waals surface area contributed by atoms with E-state index in [1.54, 1.807) is 18.2 Å². The molecule has 0 saturated carbocycles. The van der Waals surface area contributed by atoms with Gasteiger partial charge in [-0.1, -0.05) is 42.5 Å². The van der Waals surface area contributed by atoms with Gasteiger partial charge in [-0.2, -0.15) is 0 Å². The SMILES string of the molecule is O=C(/C=C/c1ccc(F)cc1)NCC(O)Cc1ccccc1. The second-order valence-corrected chi connectivity index (χ2v) is 4.97. The summed E-state index contributed by atoms with van der Waals surface area (Å²) in [6.45, 7) is 0.182. The summed E-state index contributed by atoms with van der Waals surface area (Å²) in [4.78, 5) is 11.7. The molecular weight excluding hydrogens is 281 g/mol. The second-order valence-electron chi connectivity index (χ2n) is 4.97. The Morgan fingerprint density at radius 1 is 1.14 bits per heavy atom. The lowest BCUT2D eigenvalue weighted by molar-refractivity contribution is -0.116. The van der Waals surface area contributed by atoms with Gasteiger partial charge in [0.15, 0.2) is 0 Å². The van der Waals surface area contributed by atoms with Crippen molar-refractivity contribution < 1.29 is 14.3 Å². The molecule has 1 atom stereocenters. The molecule has 0 fully saturated rings. The first-order chi connectivity index (χ1) is 10.6. The standard InChI is InChI=1S/C18H18FNO2/c19-16-9-6-14(7-10-16)8-11-18(22)20-13-17(21)12-15-4-2-1-3-5-15/h1-11,17,21H,12-13H2,(H,20,22)/b11-8+. The van der Waals surface area contributed by atoms with E-state index in [4.69, 9.17) is 0 Å². The summed E-state index contributed by atoms with van der Waals surface area (Å²) < 4.78 is 12.7. The van der Waals surface area contributed by atoms with E-state index in [2.05, 4.69) is 5.32 Å². The molecule has 1 unspecified atom stereocenters. The second kappa shape index (κ2) is 8.10. The van der Waals surface area contributed by atoms with E-state index in [9.17, 15) is 14.3 Å². The van der Waals surface area contributed by atoms with Gasteiger partial charge in [0.25, 0.3) is 0 Å². The maximum Gasteiger partial charge on any atom is 0.244 e. The van der Waals surface area contributed by atoms with Gasteiger partial charge in [-0.25, -0.2) is 4.39 Å². The maximum atomic E-state index is 12.7. The summed E-state index contributed by atoms with van der Waals surface area (Å²) in [5.41, 5.74) is 1.76. The van der Waals surface area contributed by atoms with E-state index in [-0.39, 0.29) is 18.3 Å². The van der Waals surface area contributed by atoms with Crippen LogP contribution in [0.1, 0.15) is 11.1 Å². The molecule has 0 radical (unpaired) electrons. The number of rotatable bonds is 6. The fourth-order valence-electron chi connectivity index (χ4n) is 1.98. The van der Waals surface area contributed by atoms with Gasteiger partial charge in [0.1, 0.15) is 5.82 Å². The average Bonchev–Trinajstić information content (AvgIpc) is 2.53. The molecule has 0 aliphatic heterocycles. The van der Waals surface area contributed by atoms with Crippen molar-refractivity contribution in [1.82, 2.24) is 5.32 Å². The van der Waals surface area contributed by atoms with Gasteiger partial charge in [-0.15, -0.1) is 0 Å². The fraction of sp³-hybridized carbons (Fsp3) is 0.167. The molecule has 2 rings (SSSR count). The number of amides is 1. The minimum absolute atomic E-state index is 0.182. The Hall–Kier alpha value is -2.46. The molecule has 0 saturated heterocycles. The molecule has 0 heterocycles. The van der Waals surface area contributed by atoms with Crippen molar-refractivity contribution in [2.75, 3.05) is 6.54 Å². The molecule has 1 amide bonds. The first-order valence-electron chi connectivity index (χ1n) is 7.07. The predicted molar refractivity (Wildman–Crippen MR) is 84.6 cm³/mol. The third-order valence-corrected chi connectivity index (χ3v) is 3.12. The molecule has 0 spiro atoms. The van der Waals surface area contributed by atoms with E-state index in [1.807, 2.05) is 30.3 Å². The van der Waals surface area contributed by atoms with Crippen LogP contribution in [-0.2, 0) is 11.2 Å². The lowest BCUT2D eigenvalue weighted by atomic mass is 10.1. The van der Waals surface area contributed by atoms with Gasteiger partial charge in [-0.3, -0.25) is 4.79 Å². The Kier molecular flexibility index (Phi) is 5.86. The highest BCUT2D eigenvalue weighted by molar-refractivity contribution is 5.91. The van der Waals surface area contributed by atoms with Crippen LogP contribution in [0.4, 0.5) is 4.39 Å². The third-order valence-electron chi connectivity index (χ3n) is 3.12. The summed E-state index contributed by atoms with van der Waals surface area (Å²) >= 11 is 0. The minimum atomic E-state index is -0.634. The number of nitrogens with one attached hydrogen (secondary N) is 1. The van der Waals surface area contributed by atoms with Crippen LogP contribution in [0.2, 0.25) is 0 Å². The summed E-state index contributed by atoms with van der Waals surface area (Å²) in [5, 5.41) is 12.5. The highest BCUT2D eigenvalue weighted by atomic mass is 19.1. The molecule has 114 valence electrons. The Morgan fingerprint density at radius 3 is 2.50 bits per heavy atom. The van der Waals surface area contributed by atoms with Crippen molar-refractivity contribution in [3.05, 3.63) is 77.6 Å². The number of carbonyl (C=O) groups excluding carboxylic acids is 1. The van der Waals surface area contributed by atoms with Crippen molar-refractivity contribution >= 4 is 12.0 Å². The van der Waals surface area contributed by atoms with Crippen molar-refractivity contribution in [2.24, 2.45) is 0 Å². The average molecular weight is 299 g/mol. The number of benzene rings is 2. The molecule has 0 aliphatic rings. The van der Waals surface area contributed by atoms with Crippen molar-refractivity contribution in [3.63, 3.8) is 0 Å². The molecule has 0 bridgehead atoms. The maximum absolute atomic E-state index is 12.7. The number of hydrogen-bond donors (Lipinski definition) is 2. The monoisotopic (exact) mass is 299 g/mol. The van der Waals surface area contributed by atoms with Crippen LogP contribution in [-0.4, -0.2) is 23.7 Å². The van der Waals surface area contributed by atoms with Crippen LogP contribution in [0.5, 0.6) is 0 Å². The smallest absolute Gasteiger partial charge is 0.244 e. The zero-order valence-electron chi connectivity index (χ0n) is 12.1. The number of aliphatic hydroxyl groups excluding tert-OH is 1. The number of aliphatic hydroxyl groups is 1. The lowest BCUT2D eigenvalue weighted by Crippen LogP contribution is -2.32. The molecule has 2 aromatic rings. The summed E-state index contributed by atoms with van der Waals surface area (Å²) in [5.74, 6) is -0.609. The van der Waals surface area contributed by atoms with Crippen LogP contribution < -0.4 is 5.32 Å². The number of carbonyl (C=O) groups is 1. The number of halogens is 1. The Bertz CT molecular complexity index is 623. The van der Waals surface area contributed by atoms with E-state index < -0.39 is 6.10 Å². The van der Waals surface area contributed by atoms with Gasteiger partial charge in [-0.05, 0) is 29.3 Å². The van der Waals surface area contributed by atoms with Gasteiger partial charge in [0.05, 0.1) is 6.10 Å². The summed E-state index contributed by atoms with van der Waals surface area (Å²) in [6, 6.07) is 15.4. The number of hydrogen-bond acceptors (Lipinski definition) is 2. The van der Waals surface area contributed by atoms with Gasteiger partial charge in [0, 0.05) is 19.0 Å². The molecule has 3 nitrogen and oxygen atoms in total. The molecular formula is C18H18FNO2. The lowest BCUT2D eigenvalue weighted by Gasteiger charge is -2.10. The van der Waals surface area contributed by atoms with Gasteiger partial charge < -0.3 is 10.4 Å². The highest BCUT2D eigenvalue weighted by Crippen LogP contribution is 2.05. The Labute approximate surface area is 129 Å². The van der Waals surface area contributed by atoms with Crippen molar-refractivity contribution in [2.45, 2.75) is 12.5 Å². The normalized spacial score (nSPS) is 12.3. The zero-order valence-corrected chi connectivity index (χ0v) is 12.1. The topological polar surface area (TPSA) is 49.3 Å². The van der Waals surface area contributed by atoms with Crippen LogP contribution in [0.3, 0.4) is 0 Å². The Balaban J connectivity index is 1.76. The minimum Gasteiger partial charge on any atom is -0.391 e. The molecule has 2 aromatic carbocycles. The molecule has 2 N–H and O–H groups in total. The largest absolute Gasteiger partial charge is 0.391 e. The van der Waals surface area contributed by atoms with E-state index in [0.717, 1.165) is 11.1 Å². The predicted octanol–water partition coefficient (Wildman–Crippen LogP) is 2.56. The highest BCUT2D eigenvalue weighted by Gasteiger charge is 2.06. The van der Waals surface area contributed by atoms with E-state index >= 15 is 0 Å². The third kappa shape index (κ3) is 5.50. The van der Waals surface area contributed by atoms with Crippen molar-refractivity contribution in [1.29, 1.82) is 0 Å². The molecule has 0 aliphatic carbocycles. The van der Waals surface area contributed by atoms with Crippen LogP contribution in [0.25, 0.3) is 6.08 Å². The summed E-state index contributed by atoms with van der Waals surface area (Å²) in [6.07, 6.45) is 2.81. The summed E-state index contributed by atoms with van der Waals surface area (Å²) in [7, 11) is 0. The quantitative estimate of drug-likeness (QED) is 0.805. The van der Waals surface area contributed by atoms with E-state index in [1.165, 1.54) is 18.2 Å². The van der Waals surface area contributed by atoms with Crippen LogP contribution in [0.15, 0.2) is 60.7 Å². The first kappa shape index (κ1) is 15.9. The Morgan fingerprint density at radius 2 is 1.82 bits per heavy atom. The van der Waals surface area contributed by atoms with Crippen LogP contribution in [0, 0.1) is 5.82 Å². The molecule has 0 aromatic heterocycles.